The molecule has 1 unspecified atom stereocenters. The average Bonchev–Trinajstić information content (AvgIpc) is 3.33. The molecule has 3 rings (SSSR count). The van der Waals surface area contributed by atoms with Crippen molar-refractivity contribution in [1.82, 2.24) is 10.2 Å². The number of benzene rings is 1. The highest BCUT2D eigenvalue weighted by Gasteiger charge is 2.17. The minimum absolute atomic E-state index is 0.0763. The number of rotatable bonds is 7. The molecule has 130 valence electrons. The van der Waals surface area contributed by atoms with Crippen molar-refractivity contribution >= 4 is 17.4 Å². The van der Waals surface area contributed by atoms with Gasteiger partial charge in [-0.2, -0.15) is 0 Å². The normalized spacial score (nSPS) is 11.9. The predicted molar refractivity (Wildman–Crippen MR) is 101 cm³/mol. The molecule has 25 heavy (non-hydrogen) atoms. The van der Waals surface area contributed by atoms with Crippen LogP contribution in [0.4, 0.5) is 4.79 Å². The fourth-order valence-electron chi connectivity index (χ4n) is 2.63. The predicted octanol–water partition coefficient (Wildman–Crippen LogP) is 4.86. The first kappa shape index (κ1) is 17.3. The molecule has 0 radical (unpaired) electrons. The molecule has 0 spiro atoms. The van der Waals surface area contributed by atoms with E-state index in [0.29, 0.717) is 19.6 Å². The number of nitrogens with zero attached hydrogens (tertiary/aromatic N) is 1. The van der Waals surface area contributed by atoms with Crippen molar-refractivity contribution < 1.29 is 9.21 Å². The quantitative estimate of drug-likeness (QED) is 0.659. The molecule has 1 N–H and O–H groups in total. The second kappa shape index (κ2) is 8.53. The first-order valence-electron chi connectivity index (χ1n) is 8.35. The van der Waals surface area contributed by atoms with Crippen LogP contribution in [0.3, 0.4) is 0 Å². The molecule has 5 heteroatoms. The Balaban J connectivity index is 1.61. The third-order valence-corrected chi connectivity index (χ3v) is 4.93. The SMILES string of the molecule is CC(CNC(=O)N(Cc1ccco1)Cc1cccs1)c1ccccc1. The van der Waals surface area contributed by atoms with Gasteiger partial charge >= 0.3 is 6.03 Å². The first-order chi connectivity index (χ1) is 12.2. The van der Waals surface area contributed by atoms with E-state index in [9.17, 15) is 4.79 Å². The van der Waals surface area contributed by atoms with Gasteiger partial charge in [-0.15, -0.1) is 11.3 Å². The maximum Gasteiger partial charge on any atom is 0.318 e. The summed E-state index contributed by atoms with van der Waals surface area (Å²) in [4.78, 5) is 15.6. The fourth-order valence-corrected chi connectivity index (χ4v) is 3.35. The lowest BCUT2D eigenvalue weighted by Crippen LogP contribution is -2.40. The highest BCUT2D eigenvalue weighted by Crippen LogP contribution is 2.16. The summed E-state index contributed by atoms with van der Waals surface area (Å²) >= 11 is 1.65. The molecule has 0 aliphatic heterocycles. The minimum atomic E-state index is -0.0763. The van der Waals surface area contributed by atoms with Gasteiger partial charge in [-0.05, 0) is 35.1 Å². The highest BCUT2D eigenvalue weighted by molar-refractivity contribution is 7.09. The molecule has 4 nitrogen and oxygen atoms in total. The zero-order valence-electron chi connectivity index (χ0n) is 14.2. The molecule has 0 saturated carbocycles. The van der Waals surface area contributed by atoms with Crippen LogP contribution in [-0.2, 0) is 13.1 Å². The van der Waals surface area contributed by atoms with Crippen molar-refractivity contribution in [3.05, 3.63) is 82.4 Å². The van der Waals surface area contributed by atoms with E-state index in [1.54, 1.807) is 22.5 Å². The van der Waals surface area contributed by atoms with Crippen LogP contribution in [0.1, 0.15) is 29.0 Å². The fraction of sp³-hybridized carbons (Fsp3) is 0.250. The van der Waals surface area contributed by atoms with Crippen LogP contribution in [-0.4, -0.2) is 17.5 Å². The lowest BCUT2D eigenvalue weighted by Gasteiger charge is -2.23. The minimum Gasteiger partial charge on any atom is -0.467 e. The Labute approximate surface area is 152 Å². The Hall–Kier alpha value is -2.53. The van der Waals surface area contributed by atoms with Gasteiger partial charge in [-0.25, -0.2) is 4.79 Å². The number of hydrogen-bond donors (Lipinski definition) is 1. The highest BCUT2D eigenvalue weighted by atomic mass is 32.1. The van der Waals surface area contributed by atoms with Crippen molar-refractivity contribution in [2.75, 3.05) is 6.54 Å². The number of hydrogen-bond acceptors (Lipinski definition) is 3. The van der Waals surface area contributed by atoms with Crippen molar-refractivity contribution in [2.45, 2.75) is 25.9 Å². The zero-order valence-corrected chi connectivity index (χ0v) is 15.0. The van der Waals surface area contributed by atoms with Gasteiger partial charge < -0.3 is 14.6 Å². The molecule has 1 atom stereocenters. The van der Waals surface area contributed by atoms with Gasteiger partial charge in [0.15, 0.2) is 0 Å². The molecule has 0 bridgehead atoms. The maximum atomic E-state index is 12.7. The summed E-state index contributed by atoms with van der Waals surface area (Å²) in [5.41, 5.74) is 1.22. The number of amides is 2. The molecule has 0 saturated heterocycles. The van der Waals surface area contributed by atoms with E-state index in [1.165, 1.54) is 5.56 Å². The third-order valence-electron chi connectivity index (χ3n) is 4.07. The van der Waals surface area contributed by atoms with E-state index >= 15 is 0 Å². The van der Waals surface area contributed by atoms with Gasteiger partial charge in [0.05, 0.1) is 19.4 Å². The van der Waals surface area contributed by atoms with Crippen molar-refractivity contribution in [3.8, 4) is 0 Å². The molecule has 0 aliphatic carbocycles. The summed E-state index contributed by atoms with van der Waals surface area (Å²) in [6.07, 6.45) is 1.63. The van der Waals surface area contributed by atoms with Gasteiger partial charge in [-0.3, -0.25) is 0 Å². The van der Waals surface area contributed by atoms with Crippen LogP contribution in [0.2, 0.25) is 0 Å². The molecule has 0 aliphatic rings. The van der Waals surface area contributed by atoms with Gasteiger partial charge in [0.2, 0.25) is 0 Å². The Morgan fingerprint density at radius 3 is 2.64 bits per heavy atom. The lowest BCUT2D eigenvalue weighted by atomic mass is 10.0. The maximum absolute atomic E-state index is 12.7. The van der Waals surface area contributed by atoms with Gasteiger partial charge in [-0.1, -0.05) is 43.3 Å². The Morgan fingerprint density at radius 1 is 1.12 bits per heavy atom. The molecule has 2 aromatic heterocycles. The summed E-state index contributed by atoms with van der Waals surface area (Å²) in [7, 11) is 0. The van der Waals surface area contributed by atoms with E-state index in [2.05, 4.69) is 24.4 Å². The molecule has 2 amide bonds. The van der Waals surface area contributed by atoms with Crippen LogP contribution in [0.5, 0.6) is 0 Å². The number of thiophene rings is 1. The van der Waals surface area contributed by atoms with E-state index in [-0.39, 0.29) is 11.9 Å². The Kier molecular flexibility index (Phi) is 5.90. The number of carbonyl (C=O) groups excluding carboxylic acids is 1. The smallest absolute Gasteiger partial charge is 0.318 e. The van der Waals surface area contributed by atoms with E-state index in [0.717, 1.165) is 10.6 Å². The molecule has 1 aromatic carbocycles. The summed E-state index contributed by atoms with van der Waals surface area (Å²) < 4.78 is 5.41. The summed E-state index contributed by atoms with van der Waals surface area (Å²) in [6.45, 7) is 3.74. The van der Waals surface area contributed by atoms with E-state index in [1.807, 2.05) is 47.8 Å². The summed E-state index contributed by atoms with van der Waals surface area (Å²) in [5, 5.41) is 5.08. The monoisotopic (exact) mass is 354 g/mol. The Morgan fingerprint density at radius 2 is 1.96 bits per heavy atom. The average molecular weight is 354 g/mol. The molecule has 3 aromatic rings. The molecule has 0 fully saturated rings. The lowest BCUT2D eigenvalue weighted by molar-refractivity contribution is 0.187. The van der Waals surface area contributed by atoms with Crippen molar-refractivity contribution in [1.29, 1.82) is 0 Å². The molecular weight excluding hydrogens is 332 g/mol. The summed E-state index contributed by atoms with van der Waals surface area (Å²) in [5.74, 6) is 1.04. The van der Waals surface area contributed by atoms with Crippen molar-refractivity contribution in [3.63, 3.8) is 0 Å². The zero-order chi connectivity index (χ0) is 17.5. The Bertz CT molecular complexity index is 718. The molecular formula is C20H22N2O2S. The van der Waals surface area contributed by atoms with E-state index < -0.39 is 0 Å². The largest absolute Gasteiger partial charge is 0.467 e. The van der Waals surface area contributed by atoms with Crippen LogP contribution in [0.25, 0.3) is 0 Å². The van der Waals surface area contributed by atoms with Gasteiger partial charge in [0.1, 0.15) is 5.76 Å². The van der Waals surface area contributed by atoms with Crippen LogP contribution in [0, 0.1) is 0 Å². The first-order valence-corrected chi connectivity index (χ1v) is 9.23. The van der Waals surface area contributed by atoms with Crippen LogP contribution in [0.15, 0.2) is 70.7 Å². The summed E-state index contributed by atoms with van der Waals surface area (Å²) in [6, 6.07) is 17.9. The van der Waals surface area contributed by atoms with Crippen LogP contribution < -0.4 is 5.32 Å². The van der Waals surface area contributed by atoms with Gasteiger partial charge in [0, 0.05) is 11.4 Å². The number of urea groups is 1. The number of nitrogens with one attached hydrogen (secondary N) is 1. The second-order valence-corrected chi connectivity index (χ2v) is 7.04. The topological polar surface area (TPSA) is 45.5 Å². The van der Waals surface area contributed by atoms with Crippen LogP contribution >= 0.6 is 11.3 Å². The van der Waals surface area contributed by atoms with Gasteiger partial charge in [0.25, 0.3) is 0 Å². The standard InChI is InChI=1S/C20H22N2O2S/c1-16(17-7-3-2-4-8-17)13-21-20(23)22(14-18-9-5-11-24-18)15-19-10-6-12-25-19/h2-12,16H,13-15H2,1H3,(H,21,23). The van der Waals surface area contributed by atoms with Crippen molar-refractivity contribution in [2.24, 2.45) is 0 Å². The third kappa shape index (κ3) is 4.97. The number of carbonyl (C=O) groups is 1. The van der Waals surface area contributed by atoms with E-state index in [4.69, 9.17) is 4.42 Å². The molecule has 2 heterocycles. The number of furan rings is 1. The second-order valence-electron chi connectivity index (χ2n) is 6.01.